The van der Waals surface area contributed by atoms with Crippen molar-refractivity contribution in [2.45, 2.75) is 25.4 Å². The van der Waals surface area contributed by atoms with Gasteiger partial charge in [-0.05, 0) is 31.9 Å². The smallest absolute Gasteiger partial charge is 0.253 e. The lowest BCUT2D eigenvalue weighted by Crippen LogP contribution is -2.48. The van der Waals surface area contributed by atoms with Gasteiger partial charge in [0.1, 0.15) is 0 Å². The molecule has 1 heterocycles. The van der Waals surface area contributed by atoms with Crippen molar-refractivity contribution in [2.75, 3.05) is 19.6 Å². The van der Waals surface area contributed by atoms with Crippen molar-refractivity contribution in [1.82, 2.24) is 10.2 Å². The van der Waals surface area contributed by atoms with E-state index in [1.54, 1.807) is 36.1 Å². The monoisotopic (exact) mass is 310 g/mol. The van der Waals surface area contributed by atoms with E-state index >= 15 is 0 Å². The maximum absolute atomic E-state index is 12.0. The lowest BCUT2D eigenvalue weighted by molar-refractivity contribution is -0.133. The summed E-state index contributed by atoms with van der Waals surface area (Å²) in [6.45, 7) is 2.72. The Morgan fingerprint density at radius 1 is 1.33 bits per heavy atom. The molecule has 2 rings (SSSR count). The molecule has 2 N–H and O–H groups in total. The molecular weight excluding hydrogens is 292 g/mol. The number of hydrogen-bond acceptors (Lipinski definition) is 3. The number of likely N-dealkylation sites (tertiary alicyclic amines) is 1. The molecule has 1 aromatic carbocycles. The Morgan fingerprint density at radius 3 is 2.57 bits per heavy atom. The molecule has 1 aliphatic rings. The normalized spacial score (nSPS) is 17.4. The first-order valence-corrected chi connectivity index (χ1v) is 7.30. The van der Waals surface area contributed by atoms with Crippen molar-refractivity contribution >= 4 is 23.4 Å². The Kier molecular flexibility index (Phi) is 4.85. The predicted octanol–water partition coefficient (Wildman–Crippen LogP) is 1.44. The second-order valence-corrected chi connectivity index (χ2v) is 5.95. The molecule has 0 bridgehead atoms. The molecule has 0 aromatic heterocycles. The van der Waals surface area contributed by atoms with Crippen molar-refractivity contribution in [3.05, 3.63) is 34.9 Å². The van der Waals surface area contributed by atoms with Gasteiger partial charge in [-0.15, -0.1) is 0 Å². The number of benzene rings is 1. The number of amides is 2. The summed E-state index contributed by atoms with van der Waals surface area (Å²) in [6.07, 6.45) is 1.11. The summed E-state index contributed by atoms with van der Waals surface area (Å²) >= 11 is 5.93. The third kappa shape index (κ3) is 4.19. The van der Waals surface area contributed by atoms with E-state index in [0.717, 1.165) is 0 Å². The lowest BCUT2D eigenvalue weighted by Gasteiger charge is -2.35. The van der Waals surface area contributed by atoms with Gasteiger partial charge in [0.2, 0.25) is 5.91 Å². The summed E-state index contributed by atoms with van der Waals surface area (Å²) in [4.78, 5) is 25.6. The molecule has 114 valence electrons. The van der Waals surface area contributed by atoms with Gasteiger partial charge in [-0.2, -0.15) is 0 Å². The van der Waals surface area contributed by atoms with Gasteiger partial charge in [-0.3, -0.25) is 9.59 Å². The molecule has 0 atom stereocenters. The van der Waals surface area contributed by atoms with Crippen molar-refractivity contribution in [3.8, 4) is 0 Å². The van der Waals surface area contributed by atoms with E-state index in [4.69, 9.17) is 11.6 Å². The zero-order valence-electron chi connectivity index (χ0n) is 11.9. The quantitative estimate of drug-likeness (QED) is 0.887. The highest BCUT2D eigenvalue weighted by atomic mass is 35.5. The van der Waals surface area contributed by atoms with Gasteiger partial charge in [-0.1, -0.05) is 23.7 Å². The standard InChI is InChI=1S/C15H19ClN2O3/c1-15(21)6-8-18(9-7-15)13(19)10-17-14(20)11-4-2-3-5-12(11)16/h2-5,21H,6-10H2,1H3,(H,17,20). The van der Waals surface area contributed by atoms with Crippen LogP contribution in [-0.2, 0) is 4.79 Å². The molecule has 1 aliphatic heterocycles. The minimum Gasteiger partial charge on any atom is -0.390 e. The first-order chi connectivity index (χ1) is 9.89. The number of halogens is 1. The zero-order valence-corrected chi connectivity index (χ0v) is 12.7. The average Bonchev–Trinajstić information content (AvgIpc) is 2.45. The summed E-state index contributed by atoms with van der Waals surface area (Å²) in [6, 6.07) is 6.70. The number of piperidine rings is 1. The fraction of sp³-hybridized carbons (Fsp3) is 0.467. The fourth-order valence-electron chi connectivity index (χ4n) is 2.25. The molecule has 6 heteroatoms. The number of rotatable bonds is 3. The van der Waals surface area contributed by atoms with Crippen LogP contribution >= 0.6 is 11.6 Å². The SMILES string of the molecule is CC1(O)CCN(C(=O)CNC(=O)c2ccccc2Cl)CC1. The van der Waals surface area contributed by atoms with Gasteiger partial charge in [-0.25, -0.2) is 0 Å². The fourth-order valence-corrected chi connectivity index (χ4v) is 2.47. The van der Waals surface area contributed by atoms with E-state index in [-0.39, 0.29) is 18.4 Å². The second kappa shape index (κ2) is 6.45. The van der Waals surface area contributed by atoms with E-state index in [1.807, 2.05) is 0 Å². The summed E-state index contributed by atoms with van der Waals surface area (Å²) in [5.41, 5.74) is -0.342. The molecule has 0 saturated carbocycles. The van der Waals surface area contributed by atoms with Gasteiger partial charge in [0, 0.05) is 13.1 Å². The number of carbonyl (C=O) groups is 2. The molecular formula is C15H19ClN2O3. The number of nitrogens with zero attached hydrogens (tertiary/aromatic N) is 1. The number of hydrogen-bond donors (Lipinski definition) is 2. The van der Waals surface area contributed by atoms with Gasteiger partial charge < -0.3 is 15.3 Å². The Bertz CT molecular complexity index is 535. The molecule has 5 nitrogen and oxygen atoms in total. The Morgan fingerprint density at radius 2 is 1.95 bits per heavy atom. The topological polar surface area (TPSA) is 69.6 Å². The van der Waals surface area contributed by atoms with Crippen molar-refractivity contribution in [2.24, 2.45) is 0 Å². The summed E-state index contributed by atoms with van der Waals surface area (Å²) in [5.74, 6) is -0.510. The maximum Gasteiger partial charge on any atom is 0.253 e. The van der Waals surface area contributed by atoms with Gasteiger partial charge in [0.25, 0.3) is 5.91 Å². The largest absolute Gasteiger partial charge is 0.390 e. The molecule has 1 fully saturated rings. The molecule has 0 aliphatic carbocycles. The van der Waals surface area contributed by atoms with Crippen LogP contribution in [-0.4, -0.2) is 47.1 Å². The van der Waals surface area contributed by atoms with E-state index in [0.29, 0.717) is 36.5 Å². The Balaban J connectivity index is 1.85. The van der Waals surface area contributed by atoms with Crippen LogP contribution in [0.1, 0.15) is 30.1 Å². The van der Waals surface area contributed by atoms with Gasteiger partial charge >= 0.3 is 0 Å². The average molecular weight is 311 g/mol. The number of nitrogens with one attached hydrogen (secondary N) is 1. The zero-order chi connectivity index (χ0) is 15.5. The lowest BCUT2D eigenvalue weighted by atomic mass is 9.94. The summed E-state index contributed by atoms with van der Waals surface area (Å²) < 4.78 is 0. The van der Waals surface area contributed by atoms with Crippen LogP contribution in [0.15, 0.2) is 24.3 Å². The molecule has 21 heavy (non-hydrogen) atoms. The van der Waals surface area contributed by atoms with Crippen molar-refractivity contribution in [1.29, 1.82) is 0 Å². The third-order valence-electron chi connectivity index (χ3n) is 3.71. The van der Waals surface area contributed by atoms with Crippen LogP contribution in [0.4, 0.5) is 0 Å². The van der Waals surface area contributed by atoms with Gasteiger partial charge in [0.15, 0.2) is 0 Å². The Hall–Kier alpha value is -1.59. The molecule has 0 radical (unpaired) electrons. The maximum atomic E-state index is 12.0. The number of aliphatic hydroxyl groups is 1. The minimum atomic E-state index is -0.697. The van der Waals surface area contributed by atoms with Crippen LogP contribution in [0.2, 0.25) is 5.02 Å². The summed E-state index contributed by atoms with van der Waals surface area (Å²) in [7, 11) is 0. The second-order valence-electron chi connectivity index (χ2n) is 5.54. The van der Waals surface area contributed by atoms with Crippen LogP contribution in [0.3, 0.4) is 0 Å². The van der Waals surface area contributed by atoms with Crippen LogP contribution in [0.25, 0.3) is 0 Å². The first-order valence-electron chi connectivity index (χ1n) is 6.92. The van der Waals surface area contributed by atoms with Crippen molar-refractivity contribution in [3.63, 3.8) is 0 Å². The molecule has 0 spiro atoms. The van der Waals surface area contributed by atoms with Crippen LogP contribution in [0.5, 0.6) is 0 Å². The predicted molar refractivity (Wildman–Crippen MR) is 80.2 cm³/mol. The highest BCUT2D eigenvalue weighted by molar-refractivity contribution is 6.33. The molecule has 1 saturated heterocycles. The van der Waals surface area contributed by atoms with Gasteiger partial charge in [0.05, 0.1) is 22.7 Å². The minimum absolute atomic E-state index is 0.0633. The number of carbonyl (C=O) groups excluding carboxylic acids is 2. The molecule has 1 aromatic rings. The van der Waals surface area contributed by atoms with Crippen LogP contribution < -0.4 is 5.32 Å². The summed E-state index contributed by atoms with van der Waals surface area (Å²) in [5, 5.41) is 12.8. The molecule has 2 amide bonds. The van der Waals surface area contributed by atoms with E-state index in [1.165, 1.54) is 0 Å². The van der Waals surface area contributed by atoms with E-state index in [2.05, 4.69) is 5.32 Å². The van der Waals surface area contributed by atoms with E-state index in [9.17, 15) is 14.7 Å². The first kappa shape index (κ1) is 15.8. The Labute approximate surface area is 128 Å². The van der Waals surface area contributed by atoms with Crippen molar-refractivity contribution < 1.29 is 14.7 Å². The molecule has 0 unspecified atom stereocenters. The highest BCUT2D eigenvalue weighted by Gasteiger charge is 2.29. The van der Waals surface area contributed by atoms with Crippen LogP contribution in [0, 0.1) is 0 Å². The highest BCUT2D eigenvalue weighted by Crippen LogP contribution is 2.21. The third-order valence-corrected chi connectivity index (χ3v) is 4.04. The van der Waals surface area contributed by atoms with E-state index < -0.39 is 5.60 Å².